The van der Waals surface area contributed by atoms with Crippen LogP contribution in [0.4, 0.5) is 5.13 Å². The molecule has 0 aliphatic carbocycles. The summed E-state index contributed by atoms with van der Waals surface area (Å²) in [6.45, 7) is 3.68. The van der Waals surface area contributed by atoms with Crippen LogP contribution in [0.3, 0.4) is 0 Å². The van der Waals surface area contributed by atoms with Crippen LogP contribution in [0.2, 0.25) is 5.15 Å². The van der Waals surface area contributed by atoms with Gasteiger partial charge >= 0.3 is 0 Å². The van der Waals surface area contributed by atoms with Crippen molar-refractivity contribution in [3.05, 3.63) is 28.5 Å². The number of nitrogens with zero attached hydrogens (tertiary/aromatic N) is 3. The Morgan fingerprint density at radius 3 is 3.07 bits per heavy atom. The lowest BCUT2D eigenvalue weighted by molar-refractivity contribution is 0.659. The minimum atomic E-state index is 0.534. The number of hydrogen-bond donors (Lipinski definition) is 1. The third-order valence-corrected chi connectivity index (χ3v) is 3.05. The third kappa shape index (κ3) is 2.70. The molecule has 4 nitrogen and oxygen atoms in total. The number of thiazole rings is 1. The Labute approximate surface area is 96.9 Å². The number of rotatable bonds is 4. The molecule has 0 bridgehead atoms. The van der Waals surface area contributed by atoms with Crippen LogP contribution in [0.15, 0.2) is 17.8 Å². The Morgan fingerprint density at radius 1 is 1.60 bits per heavy atom. The molecule has 2 heterocycles. The number of halogens is 1. The molecule has 2 aromatic heterocycles. The Bertz CT molecular complexity index is 437. The average Bonchev–Trinajstić information content (AvgIpc) is 2.83. The summed E-state index contributed by atoms with van der Waals surface area (Å²) >= 11 is 7.21. The highest BCUT2D eigenvalue weighted by molar-refractivity contribution is 7.14. The van der Waals surface area contributed by atoms with Gasteiger partial charge in [0.2, 0.25) is 0 Å². The molecule has 0 aromatic carbocycles. The number of aryl methyl sites for hydroxylation is 1. The molecule has 0 amide bonds. The Morgan fingerprint density at radius 2 is 2.47 bits per heavy atom. The third-order valence-electron chi connectivity index (χ3n) is 1.93. The largest absolute Gasteiger partial charge is 0.357 e. The fraction of sp³-hybridized carbons (Fsp3) is 0.333. The zero-order valence-corrected chi connectivity index (χ0v) is 9.85. The average molecular weight is 243 g/mol. The first kappa shape index (κ1) is 10.4. The highest BCUT2D eigenvalue weighted by Crippen LogP contribution is 2.19. The molecule has 0 radical (unpaired) electrons. The molecule has 80 valence electrons. The van der Waals surface area contributed by atoms with E-state index in [1.54, 1.807) is 5.38 Å². The van der Waals surface area contributed by atoms with Gasteiger partial charge in [0, 0.05) is 30.2 Å². The van der Waals surface area contributed by atoms with E-state index in [4.69, 9.17) is 11.6 Å². The lowest BCUT2D eigenvalue weighted by Gasteiger charge is -1.98. The van der Waals surface area contributed by atoms with Gasteiger partial charge in [0.05, 0.1) is 6.20 Å². The maximum atomic E-state index is 5.71. The molecular weight excluding hydrogens is 232 g/mol. The standard InChI is InChI=1S/C9H11ClN4S/c1-2-14-5-7(4-12-14)3-11-9-13-8(10)6-15-9/h4-6H,2-3H2,1H3,(H,11,13). The molecule has 6 heteroatoms. The van der Waals surface area contributed by atoms with Gasteiger partial charge in [0.25, 0.3) is 0 Å². The van der Waals surface area contributed by atoms with E-state index < -0.39 is 0 Å². The van der Waals surface area contributed by atoms with E-state index in [9.17, 15) is 0 Å². The second-order valence-corrected chi connectivity index (χ2v) is 4.28. The van der Waals surface area contributed by atoms with Crippen molar-refractivity contribution in [3.63, 3.8) is 0 Å². The van der Waals surface area contributed by atoms with Gasteiger partial charge in [0.15, 0.2) is 5.13 Å². The Kier molecular flexibility index (Phi) is 3.23. The first-order valence-corrected chi connectivity index (χ1v) is 5.90. The summed E-state index contributed by atoms with van der Waals surface area (Å²) in [6.07, 6.45) is 3.87. The molecule has 0 spiro atoms. The predicted molar refractivity (Wildman–Crippen MR) is 62.4 cm³/mol. The van der Waals surface area contributed by atoms with E-state index in [1.807, 2.05) is 17.1 Å². The summed E-state index contributed by atoms with van der Waals surface area (Å²) in [5.41, 5.74) is 1.14. The van der Waals surface area contributed by atoms with Crippen molar-refractivity contribution in [3.8, 4) is 0 Å². The normalized spacial score (nSPS) is 10.5. The highest BCUT2D eigenvalue weighted by Gasteiger charge is 2.00. The van der Waals surface area contributed by atoms with Crippen LogP contribution in [-0.2, 0) is 13.1 Å². The van der Waals surface area contributed by atoms with Gasteiger partial charge in [-0.3, -0.25) is 4.68 Å². The predicted octanol–water partition coefficient (Wildman–Crippen LogP) is 2.62. The fourth-order valence-electron chi connectivity index (χ4n) is 1.18. The van der Waals surface area contributed by atoms with E-state index in [-0.39, 0.29) is 0 Å². The summed E-state index contributed by atoms with van der Waals surface area (Å²) < 4.78 is 1.89. The molecular formula is C9H11ClN4S. The molecule has 0 aliphatic rings. The van der Waals surface area contributed by atoms with Crippen LogP contribution >= 0.6 is 22.9 Å². The highest BCUT2D eigenvalue weighted by atomic mass is 35.5. The Hall–Kier alpha value is -1.07. The second-order valence-electron chi connectivity index (χ2n) is 3.03. The molecule has 0 saturated carbocycles. The van der Waals surface area contributed by atoms with Gasteiger partial charge in [-0.1, -0.05) is 11.6 Å². The molecule has 15 heavy (non-hydrogen) atoms. The van der Waals surface area contributed by atoms with Crippen molar-refractivity contribution in [2.24, 2.45) is 0 Å². The van der Waals surface area contributed by atoms with E-state index in [1.165, 1.54) is 11.3 Å². The summed E-state index contributed by atoms with van der Waals surface area (Å²) in [5.74, 6) is 0. The number of aromatic nitrogens is 3. The van der Waals surface area contributed by atoms with Crippen LogP contribution in [0.25, 0.3) is 0 Å². The number of nitrogens with one attached hydrogen (secondary N) is 1. The molecule has 0 unspecified atom stereocenters. The smallest absolute Gasteiger partial charge is 0.184 e. The molecule has 1 N–H and O–H groups in total. The lowest BCUT2D eigenvalue weighted by atomic mass is 10.4. The fourth-order valence-corrected chi connectivity index (χ4v) is 2.02. The van der Waals surface area contributed by atoms with Crippen molar-refractivity contribution in [2.45, 2.75) is 20.0 Å². The molecule has 0 atom stereocenters. The zero-order valence-electron chi connectivity index (χ0n) is 8.27. The maximum Gasteiger partial charge on any atom is 0.184 e. The first-order chi connectivity index (χ1) is 7.28. The van der Waals surface area contributed by atoms with Gasteiger partial charge in [-0.15, -0.1) is 11.3 Å². The number of hydrogen-bond acceptors (Lipinski definition) is 4. The van der Waals surface area contributed by atoms with Crippen LogP contribution < -0.4 is 5.32 Å². The Balaban J connectivity index is 1.93. The summed E-state index contributed by atoms with van der Waals surface area (Å²) in [6, 6.07) is 0. The van der Waals surface area contributed by atoms with Crippen molar-refractivity contribution in [1.82, 2.24) is 14.8 Å². The maximum absolute atomic E-state index is 5.71. The minimum absolute atomic E-state index is 0.534. The van der Waals surface area contributed by atoms with Crippen molar-refractivity contribution < 1.29 is 0 Å². The van der Waals surface area contributed by atoms with Crippen molar-refractivity contribution in [1.29, 1.82) is 0 Å². The second kappa shape index (κ2) is 4.63. The van der Waals surface area contributed by atoms with Gasteiger partial charge in [0.1, 0.15) is 5.15 Å². The molecule has 0 aliphatic heterocycles. The topological polar surface area (TPSA) is 42.7 Å². The van der Waals surface area contributed by atoms with Gasteiger partial charge in [-0.25, -0.2) is 4.98 Å². The summed E-state index contributed by atoms with van der Waals surface area (Å²) in [4.78, 5) is 4.10. The van der Waals surface area contributed by atoms with Crippen molar-refractivity contribution >= 4 is 28.1 Å². The van der Waals surface area contributed by atoms with Crippen LogP contribution in [0, 0.1) is 0 Å². The lowest BCUT2D eigenvalue weighted by Crippen LogP contribution is -1.98. The summed E-state index contributed by atoms with van der Waals surface area (Å²) in [7, 11) is 0. The van der Waals surface area contributed by atoms with E-state index in [2.05, 4.69) is 22.3 Å². The van der Waals surface area contributed by atoms with Crippen LogP contribution in [0.1, 0.15) is 12.5 Å². The van der Waals surface area contributed by atoms with Gasteiger partial charge < -0.3 is 5.32 Å². The quantitative estimate of drug-likeness (QED) is 0.896. The monoisotopic (exact) mass is 242 g/mol. The number of anilines is 1. The molecule has 0 fully saturated rings. The molecule has 2 rings (SSSR count). The van der Waals surface area contributed by atoms with Crippen LogP contribution in [0.5, 0.6) is 0 Å². The molecule has 0 saturated heterocycles. The van der Waals surface area contributed by atoms with Crippen molar-refractivity contribution in [2.75, 3.05) is 5.32 Å². The van der Waals surface area contributed by atoms with E-state index >= 15 is 0 Å². The van der Waals surface area contributed by atoms with E-state index in [0.717, 1.165) is 23.8 Å². The first-order valence-electron chi connectivity index (χ1n) is 4.64. The summed E-state index contributed by atoms with van der Waals surface area (Å²) in [5, 5.41) is 10.6. The van der Waals surface area contributed by atoms with E-state index in [0.29, 0.717) is 5.15 Å². The SMILES string of the molecule is CCn1cc(CNc2nc(Cl)cs2)cn1. The van der Waals surface area contributed by atoms with Crippen LogP contribution in [-0.4, -0.2) is 14.8 Å². The zero-order chi connectivity index (χ0) is 10.7. The van der Waals surface area contributed by atoms with Gasteiger partial charge in [-0.05, 0) is 6.92 Å². The molecule has 2 aromatic rings. The van der Waals surface area contributed by atoms with Gasteiger partial charge in [-0.2, -0.15) is 5.10 Å². The minimum Gasteiger partial charge on any atom is -0.357 e.